The normalized spacial score (nSPS) is 15.8. The van der Waals surface area contributed by atoms with Crippen molar-refractivity contribution in [2.24, 2.45) is 0 Å². The molecule has 7 heteroatoms. The highest BCUT2D eigenvalue weighted by Crippen LogP contribution is 2.21. The lowest BCUT2D eigenvalue weighted by Gasteiger charge is -2.10. The smallest absolute Gasteiger partial charge is 0.349 e. The van der Waals surface area contributed by atoms with E-state index >= 15 is 0 Å². The van der Waals surface area contributed by atoms with Gasteiger partial charge >= 0.3 is 11.6 Å². The van der Waals surface area contributed by atoms with Crippen LogP contribution in [0.3, 0.4) is 0 Å². The number of carbonyl (C=O) groups excluding carboxylic acids is 2. The summed E-state index contributed by atoms with van der Waals surface area (Å²) in [6.07, 6.45) is 4.84. The van der Waals surface area contributed by atoms with Crippen LogP contribution in [-0.4, -0.2) is 31.1 Å². The van der Waals surface area contributed by atoms with E-state index in [2.05, 4.69) is 19.2 Å². The summed E-state index contributed by atoms with van der Waals surface area (Å²) in [6.45, 7) is 5.28. The molecule has 0 bridgehead atoms. The van der Waals surface area contributed by atoms with E-state index in [9.17, 15) is 14.4 Å². The minimum atomic E-state index is -0.759. The van der Waals surface area contributed by atoms with Gasteiger partial charge in [0.2, 0.25) is 0 Å². The summed E-state index contributed by atoms with van der Waals surface area (Å²) in [5.41, 5.74) is 1.49. The van der Waals surface area contributed by atoms with E-state index in [4.69, 9.17) is 13.9 Å². The third-order valence-corrected chi connectivity index (χ3v) is 5.70. The van der Waals surface area contributed by atoms with Crippen LogP contribution in [0.25, 0.3) is 17.0 Å². The lowest BCUT2D eigenvalue weighted by Crippen LogP contribution is -2.34. The van der Waals surface area contributed by atoms with Gasteiger partial charge in [0.05, 0.1) is 6.10 Å². The molecule has 7 nitrogen and oxygen atoms in total. The molecule has 0 radical (unpaired) electrons. The molecule has 1 aliphatic rings. The molecular formula is C27H27NO6. The molecule has 1 amide bonds. The summed E-state index contributed by atoms with van der Waals surface area (Å²) < 4.78 is 16.1. The van der Waals surface area contributed by atoms with Crippen molar-refractivity contribution in [3.05, 3.63) is 81.7 Å². The van der Waals surface area contributed by atoms with Crippen LogP contribution in [0.2, 0.25) is 0 Å². The molecule has 0 aliphatic carbocycles. The van der Waals surface area contributed by atoms with Gasteiger partial charge in [-0.2, -0.15) is 0 Å². The highest BCUT2D eigenvalue weighted by atomic mass is 16.5. The summed E-state index contributed by atoms with van der Waals surface area (Å²) in [4.78, 5) is 37.0. The van der Waals surface area contributed by atoms with Crippen LogP contribution >= 0.6 is 0 Å². The predicted molar refractivity (Wildman–Crippen MR) is 129 cm³/mol. The third kappa shape index (κ3) is 5.80. The first-order chi connectivity index (χ1) is 16.4. The largest absolute Gasteiger partial charge is 0.423 e. The molecule has 2 aromatic carbocycles. The van der Waals surface area contributed by atoms with Crippen LogP contribution in [0.5, 0.6) is 5.75 Å². The molecule has 4 rings (SSSR count). The molecule has 1 aliphatic heterocycles. The Hall–Kier alpha value is -3.71. The lowest BCUT2D eigenvalue weighted by atomic mass is 10.0. The summed E-state index contributed by atoms with van der Waals surface area (Å²) in [5.74, 6) is -0.392. The van der Waals surface area contributed by atoms with Crippen molar-refractivity contribution in [2.45, 2.75) is 38.7 Å². The van der Waals surface area contributed by atoms with E-state index in [1.807, 2.05) is 24.3 Å². The van der Waals surface area contributed by atoms with Gasteiger partial charge in [-0.1, -0.05) is 38.1 Å². The molecule has 176 valence electrons. The van der Waals surface area contributed by atoms with Crippen LogP contribution in [0.1, 0.15) is 54.1 Å². The van der Waals surface area contributed by atoms with Crippen molar-refractivity contribution >= 4 is 28.9 Å². The summed E-state index contributed by atoms with van der Waals surface area (Å²) >= 11 is 0. The summed E-state index contributed by atoms with van der Waals surface area (Å²) in [6, 6.07) is 14.1. The molecule has 0 saturated carbocycles. The first-order valence-electron chi connectivity index (χ1n) is 11.4. The fraction of sp³-hybridized carbons (Fsp3) is 0.296. The van der Waals surface area contributed by atoms with Gasteiger partial charge < -0.3 is 19.2 Å². The Morgan fingerprint density at radius 1 is 1.15 bits per heavy atom. The van der Waals surface area contributed by atoms with Gasteiger partial charge in [0, 0.05) is 30.7 Å². The van der Waals surface area contributed by atoms with Crippen molar-refractivity contribution < 1.29 is 23.5 Å². The fourth-order valence-corrected chi connectivity index (χ4v) is 3.73. The minimum Gasteiger partial charge on any atom is -0.423 e. The van der Waals surface area contributed by atoms with Gasteiger partial charge in [0.15, 0.2) is 0 Å². The highest BCUT2D eigenvalue weighted by molar-refractivity contribution is 5.97. The van der Waals surface area contributed by atoms with Crippen LogP contribution in [0.15, 0.2) is 63.8 Å². The first-order valence-corrected chi connectivity index (χ1v) is 11.4. The van der Waals surface area contributed by atoms with Crippen LogP contribution in [0.4, 0.5) is 0 Å². The quantitative estimate of drug-likeness (QED) is 0.242. The van der Waals surface area contributed by atoms with Crippen LogP contribution < -0.4 is 15.7 Å². The van der Waals surface area contributed by atoms with Crippen molar-refractivity contribution in [3.8, 4) is 5.75 Å². The first kappa shape index (κ1) is 23.4. The van der Waals surface area contributed by atoms with Gasteiger partial charge in [0.1, 0.15) is 16.9 Å². The van der Waals surface area contributed by atoms with E-state index in [0.717, 1.165) is 18.4 Å². The molecule has 0 spiro atoms. The van der Waals surface area contributed by atoms with Crippen LogP contribution in [-0.2, 0) is 9.53 Å². The zero-order valence-corrected chi connectivity index (χ0v) is 19.2. The number of carbonyl (C=O) groups is 2. The van der Waals surface area contributed by atoms with Gasteiger partial charge in [-0.25, -0.2) is 9.59 Å². The molecule has 1 atom stereocenters. The molecule has 3 aromatic rings. The maximum atomic E-state index is 12.4. The van der Waals surface area contributed by atoms with Crippen molar-refractivity contribution in [2.75, 3.05) is 13.2 Å². The highest BCUT2D eigenvalue weighted by Gasteiger charge is 2.19. The topological polar surface area (TPSA) is 94.8 Å². The Labute approximate surface area is 197 Å². The number of nitrogens with one attached hydrogen (secondary N) is 1. The van der Waals surface area contributed by atoms with E-state index in [0.29, 0.717) is 24.5 Å². The number of hydrogen-bond acceptors (Lipinski definition) is 6. The maximum absolute atomic E-state index is 12.4. The molecule has 1 saturated heterocycles. The Balaban J connectivity index is 1.41. The van der Waals surface area contributed by atoms with E-state index in [1.54, 1.807) is 18.2 Å². The second kappa shape index (κ2) is 10.5. The average Bonchev–Trinajstić information content (AvgIpc) is 3.35. The third-order valence-electron chi connectivity index (χ3n) is 5.70. The molecule has 1 N–H and O–H groups in total. The second-order valence-corrected chi connectivity index (χ2v) is 8.57. The second-order valence-electron chi connectivity index (χ2n) is 8.57. The van der Waals surface area contributed by atoms with Gasteiger partial charge in [-0.05, 0) is 54.2 Å². The molecule has 34 heavy (non-hydrogen) atoms. The van der Waals surface area contributed by atoms with E-state index < -0.39 is 17.5 Å². The fourth-order valence-electron chi connectivity index (χ4n) is 3.73. The maximum Gasteiger partial charge on any atom is 0.349 e. The number of fused-ring (bicyclic) bond motifs is 1. The molecule has 1 unspecified atom stereocenters. The van der Waals surface area contributed by atoms with Crippen LogP contribution in [0, 0.1) is 0 Å². The zero-order valence-electron chi connectivity index (χ0n) is 19.2. The number of amides is 1. The Kier molecular flexibility index (Phi) is 7.23. The van der Waals surface area contributed by atoms with Crippen molar-refractivity contribution in [3.63, 3.8) is 0 Å². The summed E-state index contributed by atoms with van der Waals surface area (Å²) in [7, 11) is 0. The number of hydrogen-bond donors (Lipinski definition) is 1. The van der Waals surface area contributed by atoms with E-state index in [-0.39, 0.29) is 23.0 Å². The molecular weight excluding hydrogens is 434 g/mol. The number of ether oxygens (including phenoxy) is 2. The Morgan fingerprint density at radius 2 is 1.94 bits per heavy atom. The van der Waals surface area contributed by atoms with Crippen molar-refractivity contribution in [1.29, 1.82) is 0 Å². The van der Waals surface area contributed by atoms with Crippen molar-refractivity contribution in [1.82, 2.24) is 5.32 Å². The number of esters is 1. The average molecular weight is 462 g/mol. The molecule has 1 fully saturated rings. The molecule has 1 aromatic heterocycles. The number of rotatable bonds is 7. The number of benzene rings is 2. The van der Waals surface area contributed by atoms with Gasteiger partial charge in [-0.15, -0.1) is 0 Å². The Morgan fingerprint density at radius 3 is 2.65 bits per heavy atom. The Bertz CT molecular complexity index is 1270. The van der Waals surface area contributed by atoms with E-state index in [1.165, 1.54) is 23.8 Å². The lowest BCUT2D eigenvalue weighted by molar-refractivity contribution is -0.128. The summed E-state index contributed by atoms with van der Waals surface area (Å²) in [5, 5.41) is 3.26. The minimum absolute atomic E-state index is 0.0258. The van der Waals surface area contributed by atoms with Gasteiger partial charge in [-0.3, -0.25) is 4.79 Å². The molecule has 2 heterocycles. The van der Waals surface area contributed by atoms with Gasteiger partial charge in [0.25, 0.3) is 5.91 Å². The SMILES string of the molecule is CC(C)c1ccc(/C=C/C(=O)Oc2ccc3cc(C(=O)NCC4CCCO4)c(=O)oc3c2)cc1. The zero-order chi connectivity index (χ0) is 24.1. The standard InChI is InChI=1S/C27H27NO6/c1-17(2)19-8-5-18(6-9-19)7-12-25(29)33-21-11-10-20-14-23(27(31)34-24(20)15-21)26(30)28-16-22-4-3-13-32-22/h5-12,14-15,17,22H,3-4,13,16H2,1-2H3,(H,28,30)/b12-7+. The predicted octanol–water partition coefficient (Wildman–Crippen LogP) is 4.44. The monoisotopic (exact) mass is 461 g/mol.